The Bertz CT molecular complexity index is 370. The molecule has 92 valence electrons. The normalized spacial score (nSPS) is 31.2. The van der Waals surface area contributed by atoms with Crippen LogP contribution in [0.25, 0.3) is 0 Å². The standard InChI is InChI=1S/C12H17N3O2/c1-16-11-6-13-12(14-7-11)17-10-4-8-2-3-9(5-10)15-8/h6-10,15H,2-5H2,1H3. The Morgan fingerprint density at radius 3 is 2.41 bits per heavy atom. The summed E-state index contributed by atoms with van der Waals surface area (Å²) in [6, 6.07) is 1.70. The number of rotatable bonds is 3. The molecule has 5 nitrogen and oxygen atoms in total. The van der Waals surface area contributed by atoms with Crippen LogP contribution in [0.4, 0.5) is 0 Å². The summed E-state index contributed by atoms with van der Waals surface area (Å²) >= 11 is 0. The van der Waals surface area contributed by atoms with Crippen LogP contribution >= 0.6 is 0 Å². The van der Waals surface area contributed by atoms with Gasteiger partial charge < -0.3 is 14.8 Å². The van der Waals surface area contributed by atoms with Gasteiger partial charge in [-0.1, -0.05) is 0 Å². The van der Waals surface area contributed by atoms with Crippen LogP contribution in [0, 0.1) is 0 Å². The number of hydrogen-bond donors (Lipinski definition) is 1. The van der Waals surface area contributed by atoms with E-state index in [9.17, 15) is 0 Å². The highest BCUT2D eigenvalue weighted by molar-refractivity contribution is 5.13. The lowest BCUT2D eigenvalue weighted by Crippen LogP contribution is -2.42. The minimum Gasteiger partial charge on any atom is -0.494 e. The number of piperidine rings is 1. The lowest BCUT2D eigenvalue weighted by Gasteiger charge is -2.28. The summed E-state index contributed by atoms with van der Waals surface area (Å²) in [5.41, 5.74) is 0. The molecule has 2 aliphatic heterocycles. The molecule has 2 unspecified atom stereocenters. The van der Waals surface area contributed by atoms with Gasteiger partial charge in [-0.3, -0.25) is 0 Å². The van der Waals surface area contributed by atoms with E-state index < -0.39 is 0 Å². The topological polar surface area (TPSA) is 56.3 Å². The van der Waals surface area contributed by atoms with Gasteiger partial charge in [-0.25, -0.2) is 0 Å². The predicted octanol–water partition coefficient (Wildman–Crippen LogP) is 1.15. The molecule has 1 N–H and O–H groups in total. The van der Waals surface area contributed by atoms with Gasteiger partial charge in [0.05, 0.1) is 19.5 Å². The molecule has 1 aromatic rings. The summed E-state index contributed by atoms with van der Waals surface area (Å²) < 4.78 is 10.8. The van der Waals surface area contributed by atoms with Crippen LogP contribution in [-0.4, -0.2) is 35.3 Å². The average Bonchev–Trinajstić information content (AvgIpc) is 2.70. The highest BCUT2D eigenvalue weighted by Gasteiger charge is 2.34. The van der Waals surface area contributed by atoms with Gasteiger partial charge in [0.15, 0.2) is 5.75 Å². The van der Waals surface area contributed by atoms with Gasteiger partial charge in [-0.2, -0.15) is 9.97 Å². The Kier molecular flexibility index (Phi) is 2.84. The highest BCUT2D eigenvalue weighted by atomic mass is 16.5. The Morgan fingerprint density at radius 1 is 1.18 bits per heavy atom. The van der Waals surface area contributed by atoms with Crippen molar-refractivity contribution in [3.8, 4) is 11.8 Å². The molecular weight excluding hydrogens is 218 g/mol. The van der Waals surface area contributed by atoms with E-state index in [1.54, 1.807) is 19.5 Å². The number of nitrogens with one attached hydrogen (secondary N) is 1. The molecule has 0 aliphatic carbocycles. The number of ether oxygens (including phenoxy) is 2. The fourth-order valence-electron chi connectivity index (χ4n) is 2.72. The molecule has 1 aromatic heterocycles. The van der Waals surface area contributed by atoms with Crippen LogP contribution in [0.2, 0.25) is 0 Å². The highest BCUT2D eigenvalue weighted by Crippen LogP contribution is 2.28. The van der Waals surface area contributed by atoms with Gasteiger partial charge in [0, 0.05) is 12.1 Å². The Morgan fingerprint density at radius 2 is 1.82 bits per heavy atom. The maximum atomic E-state index is 5.82. The molecule has 0 amide bonds. The summed E-state index contributed by atoms with van der Waals surface area (Å²) in [5.74, 6) is 0.655. The minimum atomic E-state index is 0.252. The van der Waals surface area contributed by atoms with E-state index in [-0.39, 0.29) is 6.10 Å². The van der Waals surface area contributed by atoms with E-state index in [0.29, 0.717) is 23.8 Å². The number of aromatic nitrogens is 2. The second-order valence-electron chi connectivity index (χ2n) is 4.75. The SMILES string of the molecule is COc1cnc(OC2CC3CCC(C2)N3)nc1. The summed E-state index contributed by atoms with van der Waals surface area (Å²) in [7, 11) is 1.60. The number of fused-ring (bicyclic) bond motifs is 2. The van der Waals surface area contributed by atoms with E-state index in [1.807, 2.05) is 0 Å². The maximum absolute atomic E-state index is 5.82. The van der Waals surface area contributed by atoms with Crippen molar-refractivity contribution >= 4 is 0 Å². The van der Waals surface area contributed by atoms with Gasteiger partial charge in [0.25, 0.3) is 0 Å². The van der Waals surface area contributed by atoms with Gasteiger partial charge in [0.1, 0.15) is 6.10 Å². The predicted molar refractivity (Wildman–Crippen MR) is 62.2 cm³/mol. The summed E-state index contributed by atoms with van der Waals surface area (Å²) in [4.78, 5) is 8.27. The van der Waals surface area contributed by atoms with Crippen molar-refractivity contribution in [3.05, 3.63) is 12.4 Å². The number of hydrogen-bond acceptors (Lipinski definition) is 5. The summed E-state index contributed by atoms with van der Waals surface area (Å²) in [5, 5.41) is 3.58. The molecule has 0 aromatic carbocycles. The molecule has 3 rings (SSSR count). The fraction of sp³-hybridized carbons (Fsp3) is 0.667. The first-order valence-corrected chi connectivity index (χ1v) is 6.12. The van der Waals surface area contributed by atoms with Crippen LogP contribution in [0.15, 0.2) is 12.4 Å². The number of nitrogens with zero attached hydrogens (tertiary/aromatic N) is 2. The van der Waals surface area contributed by atoms with E-state index in [4.69, 9.17) is 9.47 Å². The second kappa shape index (κ2) is 4.49. The minimum absolute atomic E-state index is 0.252. The third-order valence-corrected chi connectivity index (χ3v) is 3.54. The van der Waals surface area contributed by atoms with Crippen LogP contribution in [-0.2, 0) is 0 Å². The van der Waals surface area contributed by atoms with Gasteiger partial charge in [-0.05, 0) is 25.7 Å². The monoisotopic (exact) mass is 235 g/mol. The van der Waals surface area contributed by atoms with Crippen LogP contribution < -0.4 is 14.8 Å². The van der Waals surface area contributed by atoms with Crippen molar-refractivity contribution in [3.63, 3.8) is 0 Å². The zero-order valence-corrected chi connectivity index (χ0v) is 9.93. The van der Waals surface area contributed by atoms with Crippen LogP contribution in [0.5, 0.6) is 11.8 Å². The Labute approximate surface area is 101 Å². The lowest BCUT2D eigenvalue weighted by atomic mass is 10.0. The zero-order valence-electron chi connectivity index (χ0n) is 9.93. The van der Waals surface area contributed by atoms with Crippen molar-refractivity contribution in [2.45, 2.75) is 43.9 Å². The van der Waals surface area contributed by atoms with Crippen molar-refractivity contribution in [2.75, 3.05) is 7.11 Å². The molecule has 17 heavy (non-hydrogen) atoms. The molecule has 0 saturated carbocycles. The molecule has 3 heterocycles. The van der Waals surface area contributed by atoms with Crippen molar-refractivity contribution < 1.29 is 9.47 Å². The summed E-state index contributed by atoms with van der Waals surface area (Å²) in [6.07, 6.45) is 8.19. The van der Waals surface area contributed by atoms with Gasteiger partial charge in [-0.15, -0.1) is 0 Å². The molecular formula is C12H17N3O2. The number of methoxy groups -OCH3 is 1. The van der Waals surface area contributed by atoms with E-state index in [0.717, 1.165) is 12.8 Å². The fourth-order valence-corrected chi connectivity index (χ4v) is 2.72. The van der Waals surface area contributed by atoms with E-state index in [2.05, 4.69) is 15.3 Å². The third-order valence-electron chi connectivity index (χ3n) is 3.54. The first-order valence-electron chi connectivity index (χ1n) is 6.12. The quantitative estimate of drug-likeness (QED) is 0.851. The molecule has 2 atom stereocenters. The second-order valence-corrected chi connectivity index (χ2v) is 4.75. The average molecular weight is 235 g/mol. The lowest BCUT2D eigenvalue weighted by molar-refractivity contribution is 0.125. The largest absolute Gasteiger partial charge is 0.494 e. The summed E-state index contributed by atoms with van der Waals surface area (Å²) in [6.45, 7) is 0. The van der Waals surface area contributed by atoms with Crippen molar-refractivity contribution in [1.29, 1.82) is 0 Å². The zero-order chi connectivity index (χ0) is 11.7. The van der Waals surface area contributed by atoms with Gasteiger partial charge in [0.2, 0.25) is 0 Å². The van der Waals surface area contributed by atoms with E-state index >= 15 is 0 Å². The molecule has 0 spiro atoms. The van der Waals surface area contributed by atoms with Crippen LogP contribution in [0.3, 0.4) is 0 Å². The first-order chi connectivity index (χ1) is 8.33. The molecule has 2 saturated heterocycles. The van der Waals surface area contributed by atoms with Crippen LogP contribution in [0.1, 0.15) is 25.7 Å². The Balaban J connectivity index is 1.62. The van der Waals surface area contributed by atoms with Crippen molar-refractivity contribution in [2.24, 2.45) is 0 Å². The molecule has 2 aliphatic rings. The molecule has 5 heteroatoms. The Hall–Kier alpha value is -1.36. The maximum Gasteiger partial charge on any atom is 0.316 e. The first kappa shape index (κ1) is 10.8. The smallest absolute Gasteiger partial charge is 0.316 e. The van der Waals surface area contributed by atoms with Crippen molar-refractivity contribution in [1.82, 2.24) is 15.3 Å². The molecule has 2 bridgehead atoms. The van der Waals surface area contributed by atoms with E-state index in [1.165, 1.54) is 12.8 Å². The molecule has 0 radical (unpaired) electrons. The molecule has 2 fully saturated rings. The third kappa shape index (κ3) is 2.34. The van der Waals surface area contributed by atoms with Gasteiger partial charge >= 0.3 is 6.01 Å².